The molecule has 0 saturated carbocycles. The molecule has 2 heterocycles. The molecule has 0 amide bonds. The number of aryl methyl sites for hydroxylation is 1. The van der Waals surface area contributed by atoms with Gasteiger partial charge in [-0.25, -0.2) is 4.99 Å². The number of guanidine groups is 1. The minimum absolute atomic E-state index is 0.389. The van der Waals surface area contributed by atoms with E-state index in [1.54, 1.807) is 6.92 Å². The summed E-state index contributed by atoms with van der Waals surface area (Å²) in [5, 5.41) is 11.7. The van der Waals surface area contributed by atoms with Crippen molar-refractivity contribution >= 4 is 16.9 Å². The van der Waals surface area contributed by atoms with Crippen LogP contribution in [0.5, 0.6) is 0 Å². The lowest BCUT2D eigenvalue weighted by atomic mass is 10.1. The van der Waals surface area contributed by atoms with E-state index in [0.717, 1.165) is 25.5 Å². The van der Waals surface area contributed by atoms with Gasteiger partial charge < -0.3 is 20.1 Å². The van der Waals surface area contributed by atoms with Crippen LogP contribution in [0, 0.1) is 6.92 Å². The standard InChI is InChI=1S/C17H22N6O/c1-3-18-17(21-11-16-22-12(2)24-23-16)19-9-8-13-10-20-15-7-5-4-6-14(13)15/h4-7,10,20H,3,8-9,11H2,1-2H3,(H2,18,19,21). The molecule has 2 aromatic heterocycles. The first-order chi connectivity index (χ1) is 11.8. The van der Waals surface area contributed by atoms with Gasteiger partial charge in [0.25, 0.3) is 0 Å². The highest BCUT2D eigenvalue weighted by Gasteiger charge is 2.05. The quantitative estimate of drug-likeness (QED) is 0.477. The van der Waals surface area contributed by atoms with Crippen molar-refractivity contribution < 1.29 is 4.52 Å². The van der Waals surface area contributed by atoms with E-state index in [0.29, 0.717) is 18.3 Å². The molecule has 0 aliphatic heterocycles. The van der Waals surface area contributed by atoms with Crippen molar-refractivity contribution in [2.24, 2.45) is 4.99 Å². The van der Waals surface area contributed by atoms with Crippen molar-refractivity contribution in [2.45, 2.75) is 26.8 Å². The highest BCUT2D eigenvalue weighted by molar-refractivity contribution is 5.83. The van der Waals surface area contributed by atoms with Crippen LogP contribution in [-0.4, -0.2) is 34.2 Å². The molecule has 3 aromatic rings. The van der Waals surface area contributed by atoms with Crippen molar-refractivity contribution in [3.8, 4) is 0 Å². The van der Waals surface area contributed by atoms with E-state index in [1.807, 2.05) is 13.0 Å². The van der Waals surface area contributed by atoms with Crippen LogP contribution in [0.1, 0.15) is 24.2 Å². The lowest BCUT2D eigenvalue weighted by molar-refractivity contribution is 0.387. The zero-order chi connectivity index (χ0) is 16.8. The van der Waals surface area contributed by atoms with Crippen molar-refractivity contribution in [3.63, 3.8) is 0 Å². The molecule has 7 heteroatoms. The molecular formula is C17H22N6O. The van der Waals surface area contributed by atoms with Crippen molar-refractivity contribution in [1.29, 1.82) is 0 Å². The van der Waals surface area contributed by atoms with E-state index in [2.05, 4.69) is 55.1 Å². The minimum atomic E-state index is 0.389. The molecule has 24 heavy (non-hydrogen) atoms. The number of nitrogens with zero attached hydrogens (tertiary/aromatic N) is 3. The lowest BCUT2D eigenvalue weighted by Crippen LogP contribution is -2.38. The molecule has 3 rings (SSSR count). The Morgan fingerprint density at radius 3 is 2.96 bits per heavy atom. The molecule has 0 fully saturated rings. The predicted molar refractivity (Wildman–Crippen MR) is 93.9 cm³/mol. The van der Waals surface area contributed by atoms with Gasteiger partial charge in [-0.2, -0.15) is 4.98 Å². The van der Waals surface area contributed by atoms with Gasteiger partial charge in [0, 0.05) is 37.1 Å². The van der Waals surface area contributed by atoms with Gasteiger partial charge in [-0.15, -0.1) is 0 Å². The average Bonchev–Trinajstić information content (AvgIpc) is 3.19. The Labute approximate surface area is 140 Å². The Morgan fingerprint density at radius 2 is 2.17 bits per heavy atom. The first-order valence-electron chi connectivity index (χ1n) is 8.12. The Morgan fingerprint density at radius 1 is 1.29 bits per heavy atom. The van der Waals surface area contributed by atoms with Crippen LogP contribution >= 0.6 is 0 Å². The molecule has 0 atom stereocenters. The molecule has 0 spiro atoms. The third-order valence-electron chi connectivity index (χ3n) is 3.65. The number of hydrogen-bond acceptors (Lipinski definition) is 4. The molecule has 0 aliphatic rings. The summed E-state index contributed by atoms with van der Waals surface area (Å²) in [6.45, 7) is 5.78. The number of aromatic amines is 1. The van der Waals surface area contributed by atoms with Gasteiger partial charge in [0.1, 0.15) is 6.54 Å². The van der Waals surface area contributed by atoms with Gasteiger partial charge in [-0.05, 0) is 25.0 Å². The second kappa shape index (κ2) is 7.63. The summed E-state index contributed by atoms with van der Waals surface area (Å²) in [6.07, 6.45) is 2.98. The van der Waals surface area contributed by atoms with E-state index >= 15 is 0 Å². The highest BCUT2D eigenvalue weighted by atomic mass is 16.5. The summed E-state index contributed by atoms with van der Waals surface area (Å²) in [7, 11) is 0. The largest absolute Gasteiger partial charge is 0.361 e. The second-order valence-electron chi connectivity index (χ2n) is 5.46. The van der Waals surface area contributed by atoms with E-state index in [4.69, 9.17) is 4.52 Å². The topological polar surface area (TPSA) is 91.1 Å². The van der Waals surface area contributed by atoms with Gasteiger partial charge in [-0.3, -0.25) is 0 Å². The fourth-order valence-corrected chi connectivity index (χ4v) is 2.55. The summed E-state index contributed by atoms with van der Waals surface area (Å²) in [5.74, 6) is 1.89. The summed E-state index contributed by atoms with van der Waals surface area (Å²) in [4.78, 5) is 11.9. The molecule has 0 bridgehead atoms. The van der Waals surface area contributed by atoms with Crippen LogP contribution in [0.15, 0.2) is 40.0 Å². The number of nitrogens with one attached hydrogen (secondary N) is 3. The number of rotatable bonds is 6. The third-order valence-corrected chi connectivity index (χ3v) is 3.65. The van der Waals surface area contributed by atoms with Crippen LogP contribution in [0.2, 0.25) is 0 Å². The molecular weight excluding hydrogens is 304 g/mol. The fourth-order valence-electron chi connectivity index (χ4n) is 2.55. The average molecular weight is 326 g/mol. The van der Waals surface area contributed by atoms with Gasteiger partial charge in [-0.1, -0.05) is 23.4 Å². The van der Waals surface area contributed by atoms with E-state index in [9.17, 15) is 0 Å². The molecule has 0 aliphatic carbocycles. The fraction of sp³-hybridized carbons (Fsp3) is 0.353. The molecule has 0 radical (unpaired) electrons. The Hall–Kier alpha value is -2.83. The van der Waals surface area contributed by atoms with Gasteiger partial charge >= 0.3 is 0 Å². The minimum Gasteiger partial charge on any atom is -0.361 e. The Bertz CT molecular complexity index is 819. The highest BCUT2D eigenvalue weighted by Crippen LogP contribution is 2.17. The first kappa shape index (κ1) is 16.0. The number of H-pyrrole nitrogens is 1. The second-order valence-corrected chi connectivity index (χ2v) is 5.46. The van der Waals surface area contributed by atoms with E-state index in [1.165, 1.54) is 16.5 Å². The van der Waals surface area contributed by atoms with E-state index < -0.39 is 0 Å². The monoisotopic (exact) mass is 326 g/mol. The van der Waals surface area contributed by atoms with Crippen LogP contribution in [0.4, 0.5) is 0 Å². The molecule has 1 aromatic carbocycles. The first-order valence-corrected chi connectivity index (χ1v) is 8.12. The van der Waals surface area contributed by atoms with Gasteiger partial charge in [0.2, 0.25) is 5.89 Å². The summed E-state index contributed by atoms with van der Waals surface area (Å²) < 4.78 is 4.95. The Balaban J connectivity index is 1.57. The molecule has 7 nitrogen and oxygen atoms in total. The van der Waals surface area contributed by atoms with Gasteiger partial charge in [0.15, 0.2) is 11.8 Å². The maximum atomic E-state index is 4.95. The SMILES string of the molecule is CCNC(=NCc1noc(C)n1)NCCc1c[nH]c2ccccc12. The molecule has 126 valence electrons. The third kappa shape index (κ3) is 3.92. The van der Waals surface area contributed by atoms with Crippen molar-refractivity contribution in [2.75, 3.05) is 13.1 Å². The molecule has 0 saturated heterocycles. The number of para-hydroxylation sites is 1. The molecule has 3 N–H and O–H groups in total. The smallest absolute Gasteiger partial charge is 0.223 e. The normalized spacial score (nSPS) is 11.8. The summed E-state index contributed by atoms with van der Waals surface area (Å²) >= 11 is 0. The van der Waals surface area contributed by atoms with Gasteiger partial charge in [0.05, 0.1) is 0 Å². The predicted octanol–water partition coefficient (Wildman–Crippen LogP) is 2.16. The number of fused-ring (bicyclic) bond motifs is 1. The zero-order valence-electron chi connectivity index (χ0n) is 14.0. The number of aliphatic imine (C=N–C) groups is 1. The van der Waals surface area contributed by atoms with Crippen LogP contribution in [-0.2, 0) is 13.0 Å². The zero-order valence-corrected chi connectivity index (χ0v) is 14.0. The molecule has 0 unspecified atom stereocenters. The van der Waals surface area contributed by atoms with E-state index in [-0.39, 0.29) is 0 Å². The maximum absolute atomic E-state index is 4.95. The van der Waals surface area contributed by atoms with Crippen LogP contribution in [0.3, 0.4) is 0 Å². The van der Waals surface area contributed by atoms with Crippen molar-refractivity contribution in [1.82, 2.24) is 25.8 Å². The Kier molecular flexibility index (Phi) is 5.10. The van der Waals surface area contributed by atoms with Crippen molar-refractivity contribution in [3.05, 3.63) is 47.7 Å². The summed E-state index contributed by atoms with van der Waals surface area (Å²) in [5.41, 5.74) is 2.46. The number of benzene rings is 1. The number of aromatic nitrogens is 3. The van der Waals surface area contributed by atoms with Crippen LogP contribution < -0.4 is 10.6 Å². The van der Waals surface area contributed by atoms with Crippen LogP contribution in [0.25, 0.3) is 10.9 Å². The lowest BCUT2D eigenvalue weighted by Gasteiger charge is -2.10. The summed E-state index contributed by atoms with van der Waals surface area (Å²) in [6, 6.07) is 8.33. The number of hydrogen-bond donors (Lipinski definition) is 3. The maximum Gasteiger partial charge on any atom is 0.223 e.